The van der Waals surface area contributed by atoms with Crippen LogP contribution in [-0.2, 0) is 4.74 Å². The number of carbonyl (C=O) groups is 1. The number of carbonyl (C=O) groups excluding carboxylic acids is 1. The van der Waals surface area contributed by atoms with Crippen LogP contribution in [-0.4, -0.2) is 35.8 Å². The second-order valence-electron chi connectivity index (χ2n) is 6.62. The Morgan fingerprint density at radius 2 is 1.89 bits per heavy atom. The Labute approximate surface area is 165 Å². The van der Waals surface area contributed by atoms with Crippen LogP contribution < -0.4 is 10.2 Å². The molecule has 0 radical (unpaired) electrons. The van der Waals surface area contributed by atoms with Gasteiger partial charge in [0.15, 0.2) is 0 Å². The zero-order valence-corrected chi connectivity index (χ0v) is 16.8. The summed E-state index contributed by atoms with van der Waals surface area (Å²) in [5.41, 5.74) is 4.43. The molecule has 0 saturated carbocycles. The van der Waals surface area contributed by atoms with Crippen molar-refractivity contribution in [1.29, 1.82) is 0 Å². The van der Waals surface area contributed by atoms with Crippen LogP contribution in [0.3, 0.4) is 0 Å². The number of hydrogen-bond acceptors (Lipinski definition) is 4. The Kier molecular flexibility index (Phi) is 6.53. The molecule has 0 spiro atoms. The number of nitrogens with zero attached hydrogens (tertiary/aromatic N) is 2. The molecule has 3 rings (SSSR count). The molecule has 0 unspecified atom stereocenters. The highest BCUT2D eigenvalue weighted by Gasteiger charge is 2.16. The largest absolute Gasteiger partial charge is 0.449 e. The zero-order chi connectivity index (χ0) is 19.9. The SMILES string of the molecule is CCCCOC(=O)Nc1cc2nc(-c3ccccc3)[nH]c2cc1N(CC)CC. The molecule has 1 amide bonds. The molecule has 0 saturated heterocycles. The first kappa shape index (κ1) is 19.7. The van der Waals surface area contributed by atoms with Crippen molar-refractivity contribution in [3.8, 4) is 11.4 Å². The van der Waals surface area contributed by atoms with Crippen molar-refractivity contribution < 1.29 is 9.53 Å². The minimum Gasteiger partial charge on any atom is -0.449 e. The normalized spacial score (nSPS) is 10.8. The molecule has 148 valence electrons. The third kappa shape index (κ3) is 4.44. The lowest BCUT2D eigenvalue weighted by atomic mass is 10.2. The summed E-state index contributed by atoms with van der Waals surface area (Å²) in [5.74, 6) is 0.809. The minimum atomic E-state index is -0.431. The first-order chi connectivity index (χ1) is 13.7. The van der Waals surface area contributed by atoms with Gasteiger partial charge in [0.05, 0.1) is 29.0 Å². The van der Waals surface area contributed by atoms with Crippen LogP contribution in [0.25, 0.3) is 22.4 Å². The van der Waals surface area contributed by atoms with Crippen LogP contribution in [0.2, 0.25) is 0 Å². The maximum absolute atomic E-state index is 12.2. The van der Waals surface area contributed by atoms with Crippen molar-refractivity contribution in [3.05, 3.63) is 42.5 Å². The fourth-order valence-corrected chi connectivity index (χ4v) is 3.16. The quantitative estimate of drug-likeness (QED) is 0.512. The predicted octanol–water partition coefficient (Wildman–Crippen LogP) is 5.42. The van der Waals surface area contributed by atoms with Crippen molar-refractivity contribution in [2.24, 2.45) is 0 Å². The topological polar surface area (TPSA) is 70.2 Å². The third-order valence-electron chi connectivity index (χ3n) is 4.72. The lowest BCUT2D eigenvalue weighted by Gasteiger charge is -2.24. The number of benzene rings is 2. The molecule has 2 N–H and O–H groups in total. The first-order valence-electron chi connectivity index (χ1n) is 9.94. The number of hydrogen-bond donors (Lipinski definition) is 2. The lowest BCUT2D eigenvalue weighted by molar-refractivity contribution is 0.160. The molecule has 0 aliphatic rings. The van der Waals surface area contributed by atoms with E-state index in [1.165, 1.54) is 0 Å². The van der Waals surface area contributed by atoms with E-state index in [-0.39, 0.29) is 0 Å². The zero-order valence-electron chi connectivity index (χ0n) is 16.8. The van der Waals surface area contributed by atoms with E-state index < -0.39 is 6.09 Å². The van der Waals surface area contributed by atoms with Gasteiger partial charge in [-0.25, -0.2) is 9.78 Å². The Balaban J connectivity index is 1.97. The number of nitrogens with one attached hydrogen (secondary N) is 2. The summed E-state index contributed by atoms with van der Waals surface area (Å²) in [4.78, 5) is 22.5. The molecule has 0 aliphatic heterocycles. The van der Waals surface area contributed by atoms with E-state index in [1.54, 1.807) is 0 Å². The molecule has 0 aliphatic carbocycles. The van der Waals surface area contributed by atoms with E-state index in [4.69, 9.17) is 9.72 Å². The summed E-state index contributed by atoms with van der Waals surface area (Å²) in [5, 5.41) is 2.90. The molecular weight excluding hydrogens is 352 g/mol. The number of unbranched alkanes of at least 4 members (excludes halogenated alkanes) is 1. The number of imidazole rings is 1. The van der Waals surface area contributed by atoms with Gasteiger partial charge in [-0.05, 0) is 32.4 Å². The fourth-order valence-electron chi connectivity index (χ4n) is 3.16. The molecule has 3 aromatic rings. The van der Waals surface area contributed by atoms with E-state index in [0.717, 1.165) is 54.0 Å². The summed E-state index contributed by atoms with van der Waals surface area (Å²) < 4.78 is 5.28. The Bertz CT molecular complexity index is 917. The summed E-state index contributed by atoms with van der Waals surface area (Å²) in [7, 11) is 0. The Morgan fingerprint density at radius 1 is 1.14 bits per heavy atom. The molecule has 6 nitrogen and oxygen atoms in total. The monoisotopic (exact) mass is 380 g/mol. The highest BCUT2D eigenvalue weighted by atomic mass is 16.5. The summed E-state index contributed by atoms with van der Waals surface area (Å²) in [6.45, 7) is 8.35. The van der Waals surface area contributed by atoms with Gasteiger partial charge in [0.2, 0.25) is 0 Å². The predicted molar refractivity (Wildman–Crippen MR) is 115 cm³/mol. The number of anilines is 2. The number of ether oxygens (including phenoxy) is 1. The second kappa shape index (κ2) is 9.26. The number of aromatic amines is 1. The molecule has 1 heterocycles. The van der Waals surface area contributed by atoms with Gasteiger partial charge in [-0.2, -0.15) is 0 Å². The molecule has 0 atom stereocenters. The number of H-pyrrole nitrogens is 1. The van der Waals surface area contributed by atoms with Crippen LogP contribution >= 0.6 is 0 Å². The third-order valence-corrected chi connectivity index (χ3v) is 4.72. The number of aromatic nitrogens is 2. The second-order valence-corrected chi connectivity index (χ2v) is 6.62. The van der Waals surface area contributed by atoms with Crippen LogP contribution in [0.4, 0.5) is 16.2 Å². The van der Waals surface area contributed by atoms with Gasteiger partial charge >= 0.3 is 6.09 Å². The number of fused-ring (bicyclic) bond motifs is 1. The molecular formula is C22H28N4O2. The summed E-state index contributed by atoms with van der Waals surface area (Å²) in [6.07, 6.45) is 1.41. The Hall–Kier alpha value is -3.02. The number of rotatable bonds is 8. The highest BCUT2D eigenvalue weighted by Crippen LogP contribution is 2.32. The van der Waals surface area contributed by atoms with Gasteiger partial charge in [-0.15, -0.1) is 0 Å². The molecule has 0 bridgehead atoms. The van der Waals surface area contributed by atoms with Crippen LogP contribution in [0.15, 0.2) is 42.5 Å². The molecule has 6 heteroatoms. The lowest BCUT2D eigenvalue weighted by Crippen LogP contribution is -2.24. The average Bonchev–Trinajstić information content (AvgIpc) is 3.13. The minimum absolute atomic E-state index is 0.422. The Morgan fingerprint density at radius 3 is 2.57 bits per heavy atom. The van der Waals surface area contributed by atoms with Crippen molar-refractivity contribution in [1.82, 2.24) is 9.97 Å². The smallest absolute Gasteiger partial charge is 0.411 e. The average molecular weight is 380 g/mol. The van der Waals surface area contributed by atoms with E-state index >= 15 is 0 Å². The maximum Gasteiger partial charge on any atom is 0.411 e. The van der Waals surface area contributed by atoms with Gasteiger partial charge in [-0.1, -0.05) is 43.7 Å². The first-order valence-corrected chi connectivity index (χ1v) is 9.94. The summed E-state index contributed by atoms with van der Waals surface area (Å²) in [6, 6.07) is 14.0. The van der Waals surface area contributed by atoms with E-state index in [9.17, 15) is 4.79 Å². The maximum atomic E-state index is 12.2. The van der Waals surface area contributed by atoms with E-state index in [1.807, 2.05) is 42.5 Å². The van der Waals surface area contributed by atoms with Gasteiger partial charge in [-0.3, -0.25) is 5.32 Å². The molecule has 1 aromatic heterocycles. The van der Waals surface area contributed by atoms with Gasteiger partial charge < -0.3 is 14.6 Å². The van der Waals surface area contributed by atoms with Crippen molar-refractivity contribution in [2.45, 2.75) is 33.6 Å². The van der Waals surface area contributed by atoms with Crippen molar-refractivity contribution in [2.75, 3.05) is 29.9 Å². The summed E-state index contributed by atoms with van der Waals surface area (Å²) >= 11 is 0. The highest BCUT2D eigenvalue weighted by molar-refractivity contribution is 5.96. The van der Waals surface area contributed by atoms with Crippen molar-refractivity contribution in [3.63, 3.8) is 0 Å². The fraction of sp³-hybridized carbons (Fsp3) is 0.364. The molecule has 0 fully saturated rings. The van der Waals surface area contributed by atoms with Crippen LogP contribution in [0.1, 0.15) is 33.6 Å². The van der Waals surface area contributed by atoms with Gasteiger partial charge in [0.1, 0.15) is 5.82 Å². The van der Waals surface area contributed by atoms with E-state index in [2.05, 4.69) is 36.0 Å². The molecule has 2 aromatic carbocycles. The molecule has 28 heavy (non-hydrogen) atoms. The van der Waals surface area contributed by atoms with Crippen molar-refractivity contribution >= 4 is 28.5 Å². The standard InChI is InChI=1S/C22H28N4O2/c1-4-7-13-28-22(27)25-19-14-17-18(15-20(19)26(5-2)6-3)24-21(23-17)16-11-9-8-10-12-16/h8-12,14-15H,4-7,13H2,1-3H3,(H,23,24)(H,25,27). The van der Waals surface area contributed by atoms with Crippen LogP contribution in [0, 0.1) is 0 Å². The van der Waals surface area contributed by atoms with Gasteiger partial charge in [0, 0.05) is 18.7 Å². The van der Waals surface area contributed by atoms with E-state index in [0.29, 0.717) is 12.3 Å². The van der Waals surface area contributed by atoms with Crippen LogP contribution in [0.5, 0.6) is 0 Å². The van der Waals surface area contributed by atoms with Gasteiger partial charge in [0.25, 0.3) is 0 Å². The number of amides is 1.